The monoisotopic (exact) mass is 358 g/mol. The maximum absolute atomic E-state index is 2.55. The predicted molar refractivity (Wildman–Crippen MR) is 75.6 cm³/mol. The van der Waals surface area contributed by atoms with Gasteiger partial charge in [0.1, 0.15) is 0 Å². The maximum atomic E-state index is 2.55. The summed E-state index contributed by atoms with van der Waals surface area (Å²) in [6, 6.07) is 9.16. The molecular formula is C15H22F2SiZr. The summed E-state index contributed by atoms with van der Waals surface area (Å²) in [5, 5.41) is 0. The van der Waals surface area contributed by atoms with Crippen LogP contribution in [0.4, 0.5) is 0 Å². The number of benzene rings is 1. The van der Waals surface area contributed by atoms with Gasteiger partial charge in [-0.2, -0.15) is 0 Å². The van der Waals surface area contributed by atoms with E-state index in [9.17, 15) is 0 Å². The number of fused-ring (bicyclic) bond motifs is 1. The van der Waals surface area contributed by atoms with Gasteiger partial charge in [0.15, 0.2) is 0 Å². The molecule has 4 heteroatoms. The van der Waals surface area contributed by atoms with E-state index in [-0.39, 0.29) is 37.7 Å². The first-order valence-corrected chi connectivity index (χ1v) is 15.3. The van der Waals surface area contributed by atoms with E-state index in [0.29, 0.717) is 0 Å². The zero-order chi connectivity index (χ0) is 12.4. The summed E-state index contributed by atoms with van der Waals surface area (Å²) in [5.41, 5.74) is 6.67. The molecule has 0 nitrogen and oxygen atoms in total. The van der Waals surface area contributed by atoms with Crippen LogP contribution in [-0.4, -0.2) is 5.92 Å². The number of hydrogen-bond acceptors (Lipinski definition) is 0. The van der Waals surface area contributed by atoms with Crippen LogP contribution in [0.2, 0.25) is 13.1 Å². The van der Waals surface area contributed by atoms with E-state index < -0.39 is 0 Å². The molecule has 1 aromatic carbocycles. The smallest absolute Gasteiger partial charge is 1.00 e. The van der Waals surface area contributed by atoms with Gasteiger partial charge in [-0.25, -0.2) is 0 Å². The van der Waals surface area contributed by atoms with Crippen molar-refractivity contribution in [2.24, 2.45) is 0 Å². The van der Waals surface area contributed by atoms with Crippen LogP contribution in [0.3, 0.4) is 0 Å². The molecular weight excluding hydrogens is 337 g/mol. The topological polar surface area (TPSA) is 0 Å². The molecule has 1 aromatic rings. The SMILES string of the molecule is CCCC1=C(C)c2ccccc2[CH]1[Zr+2][SiH](C)C.[F-].[F-]. The molecule has 0 radical (unpaired) electrons. The minimum atomic E-state index is -0.337. The minimum Gasteiger partial charge on any atom is -1.00 e. The van der Waals surface area contributed by atoms with E-state index >= 15 is 0 Å². The van der Waals surface area contributed by atoms with Gasteiger partial charge in [-0.05, 0) is 0 Å². The van der Waals surface area contributed by atoms with Gasteiger partial charge >= 0.3 is 118 Å². The molecule has 1 unspecified atom stereocenters. The Morgan fingerprint density at radius 3 is 2.37 bits per heavy atom. The van der Waals surface area contributed by atoms with Gasteiger partial charge in [-0.3, -0.25) is 0 Å². The third-order valence-electron chi connectivity index (χ3n) is 3.53. The van der Waals surface area contributed by atoms with Gasteiger partial charge in [0.25, 0.3) is 0 Å². The van der Waals surface area contributed by atoms with Crippen LogP contribution in [0.15, 0.2) is 29.8 Å². The van der Waals surface area contributed by atoms with E-state index in [1.807, 2.05) is 0 Å². The molecule has 0 N–H and O–H groups in total. The number of halogens is 2. The van der Waals surface area contributed by atoms with Gasteiger partial charge in [0.05, 0.1) is 0 Å². The Hall–Kier alpha value is -0.0800. The van der Waals surface area contributed by atoms with Crippen LogP contribution in [0.1, 0.15) is 41.4 Å². The average Bonchev–Trinajstić information content (AvgIpc) is 2.55. The quantitative estimate of drug-likeness (QED) is 0.568. The molecule has 0 bridgehead atoms. The van der Waals surface area contributed by atoms with Gasteiger partial charge in [-0.15, -0.1) is 0 Å². The first-order chi connectivity index (χ1) is 8.15. The van der Waals surface area contributed by atoms with Crippen LogP contribution in [0, 0.1) is 0 Å². The molecule has 1 aliphatic rings. The average molecular weight is 360 g/mol. The Morgan fingerprint density at radius 2 is 1.79 bits per heavy atom. The Balaban J connectivity index is 0.00000162. The Labute approximate surface area is 127 Å². The van der Waals surface area contributed by atoms with Crippen LogP contribution < -0.4 is 9.41 Å². The first-order valence-electron chi connectivity index (χ1n) is 6.70. The predicted octanol–water partition coefficient (Wildman–Crippen LogP) is -1.61. The fourth-order valence-corrected chi connectivity index (χ4v) is 13.1. The third kappa shape index (κ3) is 3.95. The van der Waals surface area contributed by atoms with Gasteiger partial charge in [0.2, 0.25) is 0 Å². The Kier molecular flexibility index (Phi) is 8.23. The van der Waals surface area contributed by atoms with E-state index in [1.165, 1.54) is 12.8 Å². The molecule has 0 spiro atoms. The molecule has 1 aliphatic carbocycles. The standard InChI is InChI=1S/C13H15.C2H7Si.2FH.Zr/c1-3-6-11-9-12-7-4-5-8-13(12)10(11)2;1-3-2;;;/h4-5,7-9H,3,6H2,1-2H3;3H,1-2H3;2*1H;/q;;;;+2/p-2. The van der Waals surface area contributed by atoms with Crippen molar-refractivity contribution in [1.29, 1.82) is 0 Å². The van der Waals surface area contributed by atoms with Crippen LogP contribution in [0.5, 0.6) is 0 Å². The molecule has 2 rings (SSSR count). The van der Waals surface area contributed by atoms with E-state index in [4.69, 9.17) is 0 Å². The van der Waals surface area contributed by atoms with E-state index in [0.717, 1.165) is 3.63 Å². The van der Waals surface area contributed by atoms with Crippen LogP contribution in [0.25, 0.3) is 5.57 Å². The second kappa shape index (κ2) is 8.26. The van der Waals surface area contributed by atoms with Crippen molar-refractivity contribution in [3.05, 3.63) is 41.0 Å². The summed E-state index contributed by atoms with van der Waals surface area (Å²) in [6.07, 6.45) is 2.63. The Morgan fingerprint density at radius 1 is 1.16 bits per heavy atom. The fraction of sp³-hybridized carbons (Fsp3) is 0.467. The number of allylic oxidation sites excluding steroid dienone is 2. The summed E-state index contributed by atoms with van der Waals surface area (Å²) >= 11 is -0.205. The maximum Gasteiger partial charge on any atom is -1.00 e. The van der Waals surface area contributed by atoms with E-state index in [1.54, 1.807) is 22.3 Å². The largest absolute Gasteiger partial charge is 1.00 e. The van der Waals surface area contributed by atoms with Gasteiger partial charge < -0.3 is 9.41 Å². The number of rotatable bonds is 4. The molecule has 0 aromatic heterocycles. The summed E-state index contributed by atoms with van der Waals surface area (Å²) in [5.74, 6) is -0.337. The molecule has 0 fully saturated rings. The minimum absolute atomic E-state index is 0. The van der Waals surface area contributed by atoms with Crippen LogP contribution >= 0.6 is 0 Å². The molecule has 0 heterocycles. The normalized spacial score (nSPS) is 16.6. The first kappa shape index (κ1) is 18.9. The summed E-state index contributed by atoms with van der Waals surface area (Å²) in [4.78, 5) is 0. The van der Waals surface area contributed by atoms with Crippen LogP contribution in [-0.2, 0) is 22.4 Å². The van der Waals surface area contributed by atoms with Crippen molar-refractivity contribution in [1.82, 2.24) is 0 Å². The molecule has 0 saturated carbocycles. The molecule has 19 heavy (non-hydrogen) atoms. The Bertz CT molecular complexity index is 444. The van der Waals surface area contributed by atoms with Crippen molar-refractivity contribution < 1.29 is 31.8 Å². The number of hydrogen-bond donors (Lipinski definition) is 0. The fourth-order valence-electron chi connectivity index (χ4n) is 2.79. The van der Waals surface area contributed by atoms with Crippen molar-refractivity contribution >= 4 is 11.5 Å². The zero-order valence-corrected chi connectivity index (χ0v) is 15.7. The van der Waals surface area contributed by atoms with Crippen molar-refractivity contribution in [2.45, 2.75) is 43.4 Å². The van der Waals surface area contributed by atoms with Crippen molar-refractivity contribution in [3.8, 4) is 0 Å². The summed E-state index contributed by atoms with van der Waals surface area (Å²) in [7, 11) is 0. The molecule has 0 saturated heterocycles. The molecule has 104 valence electrons. The van der Waals surface area contributed by atoms with Gasteiger partial charge in [0, 0.05) is 0 Å². The molecule has 0 aliphatic heterocycles. The third-order valence-corrected chi connectivity index (χ3v) is 13.5. The summed E-state index contributed by atoms with van der Waals surface area (Å²) in [6.45, 7) is 9.77. The molecule has 0 amide bonds. The summed E-state index contributed by atoms with van der Waals surface area (Å²) < 4.78 is 0.918. The van der Waals surface area contributed by atoms with Gasteiger partial charge in [-0.1, -0.05) is 0 Å². The second-order valence-corrected chi connectivity index (χ2v) is 20.3. The zero-order valence-electron chi connectivity index (χ0n) is 12.1. The second-order valence-electron chi connectivity index (χ2n) is 5.24. The van der Waals surface area contributed by atoms with Crippen molar-refractivity contribution in [3.63, 3.8) is 0 Å². The van der Waals surface area contributed by atoms with Crippen molar-refractivity contribution in [2.75, 3.05) is 0 Å². The molecule has 1 atom stereocenters. The van der Waals surface area contributed by atoms with E-state index in [2.05, 4.69) is 51.2 Å².